The molecule has 0 aromatic heterocycles. The third kappa shape index (κ3) is 7.15. The van der Waals surface area contributed by atoms with Gasteiger partial charge in [0, 0.05) is 34.6 Å². The highest BCUT2D eigenvalue weighted by Gasteiger charge is 2.10. The minimum atomic E-state index is -0.686. The fourth-order valence-electron chi connectivity index (χ4n) is 3.52. The Balaban J connectivity index is 0.000000202. The van der Waals surface area contributed by atoms with Gasteiger partial charge in [-0.15, -0.1) is 0 Å². The molecule has 2 amide bonds. The number of nitro benzene ring substituents is 1. The maximum atomic E-state index is 10.9. The first kappa shape index (κ1) is 26.4. The molecule has 0 fully saturated rings. The fraction of sp³-hybridized carbons (Fsp3) is 0.0370. The number of nitrogens with zero attached hydrogens (tertiary/aromatic N) is 1. The van der Waals surface area contributed by atoms with Gasteiger partial charge in [-0.1, -0.05) is 60.7 Å². The molecule has 0 radical (unpaired) electrons. The van der Waals surface area contributed by atoms with Crippen molar-refractivity contribution in [2.75, 3.05) is 10.6 Å². The number of carbonyl (C=O) groups excluding carboxylic acids is 2. The number of anilines is 2. The largest absolute Gasteiger partial charge is 0.318 e. The molecule has 0 saturated heterocycles. The van der Waals surface area contributed by atoms with Gasteiger partial charge < -0.3 is 10.6 Å². The van der Waals surface area contributed by atoms with E-state index in [1.165, 1.54) is 12.1 Å². The molecule has 0 heterocycles. The molecule has 4 aromatic rings. The minimum Gasteiger partial charge on any atom is -0.312 e. The molecule has 0 saturated carbocycles. The van der Waals surface area contributed by atoms with Crippen molar-refractivity contribution >= 4 is 51.0 Å². The van der Waals surface area contributed by atoms with Crippen LogP contribution >= 0.6 is 23.2 Å². The summed E-state index contributed by atoms with van der Waals surface area (Å²) in [6.07, 6.45) is 0. The third-order valence-corrected chi connectivity index (χ3v) is 5.33. The molecule has 4 rings (SSSR count). The summed E-state index contributed by atoms with van der Waals surface area (Å²) < 4.78 is 0. The van der Waals surface area contributed by atoms with Crippen LogP contribution in [0.25, 0.3) is 22.3 Å². The van der Waals surface area contributed by atoms with E-state index in [0.717, 1.165) is 33.5 Å². The number of halogens is 2. The Kier molecular flexibility index (Phi) is 9.16. The number of hydrogen-bond donors (Lipinski definition) is 2. The standard InChI is InChI=1S/C14H12ClNO.C13H9ClN2O3/c1-10-6-2-3-7-11(10)12-8-4-5-9-13(12)16-14(15)17;14-13(17)15-12-4-2-1-3-11(12)9-5-7-10(8-6-9)16(18)19/h2-9H,1H3,(H,16,17);1-8H,(H,15,17). The molecular formula is C27H21Cl2N3O4. The van der Waals surface area contributed by atoms with Gasteiger partial charge in [0.2, 0.25) is 0 Å². The molecule has 36 heavy (non-hydrogen) atoms. The number of aryl methyl sites for hydroxylation is 1. The van der Waals surface area contributed by atoms with Crippen LogP contribution in [-0.2, 0) is 0 Å². The summed E-state index contributed by atoms with van der Waals surface area (Å²) >= 11 is 10.7. The van der Waals surface area contributed by atoms with Gasteiger partial charge in [0.1, 0.15) is 0 Å². The first-order chi connectivity index (χ1) is 17.3. The average molecular weight is 522 g/mol. The molecule has 0 bridgehead atoms. The van der Waals surface area contributed by atoms with Crippen LogP contribution in [0.5, 0.6) is 0 Å². The lowest BCUT2D eigenvalue weighted by molar-refractivity contribution is -0.384. The molecule has 0 unspecified atom stereocenters. The van der Waals surface area contributed by atoms with E-state index in [4.69, 9.17) is 23.2 Å². The van der Waals surface area contributed by atoms with Gasteiger partial charge in [-0.25, -0.2) is 0 Å². The Morgan fingerprint density at radius 2 is 1.11 bits per heavy atom. The Morgan fingerprint density at radius 3 is 1.61 bits per heavy atom. The van der Waals surface area contributed by atoms with Gasteiger partial charge in [-0.05, 0) is 71.1 Å². The second kappa shape index (κ2) is 12.5. The average Bonchev–Trinajstić information content (AvgIpc) is 2.85. The van der Waals surface area contributed by atoms with Gasteiger partial charge in [-0.2, -0.15) is 0 Å². The molecule has 0 aliphatic carbocycles. The van der Waals surface area contributed by atoms with Gasteiger partial charge in [0.05, 0.1) is 4.92 Å². The predicted octanol–water partition coefficient (Wildman–Crippen LogP) is 8.47. The molecule has 0 aliphatic heterocycles. The normalized spacial score (nSPS) is 9.97. The Morgan fingerprint density at radius 1 is 0.667 bits per heavy atom. The fourth-order valence-corrected chi connectivity index (χ4v) is 3.72. The molecule has 4 aromatic carbocycles. The number of nitrogens with one attached hydrogen (secondary N) is 2. The SMILES string of the molecule is Cc1ccccc1-c1ccccc1NC(=O)Cl.O=C(Cl)Nc1ccccc1-c1ccc([N+](=O)[O-])cc1. The summed E-state index contributed by atoms with van der Waals surface area (Å²) in [7, 11) is 0. The summed E-state index contributed by atoms with van der Waals surface area (Å²) in [6.45, 7) is 2.04. The van der Waals surface area contributed by atoms with E-state index in [2.05, 4.69) is 10.6 Å². The highest BCUT2D eigenvalue weighted by Crippen LogP contribution is 2.31. The molecule has 7 nitrogen and oxygen atoms in total. The molecule has 9 heteroatoms. The molecule has 0 aliphatic rings. The number of para-hydroxylation sites is 2. The summed E-state index contributed by atoms with van der Waals surface area (Å²) in [5.41, 5.74) is 6.01. The summed E-state index contributed by atoms with van der Waals surface area (Å²) in [5.74, 6) is 0. The van der Waals surface area contributed by atoms with Crippen molar-refractivity contribution in [3.8, 4) is 22.3 Å². The zero-order valence-corrected chi connectivity index (χ0v) is 20.6. The number of hydrogen-bond acceptors (Lipinski definition) is 4. The summed E-state index contributed by atoms with van der Waals surface area (Å²) in [4.78, 5) is 32.0. The molecule has 182 valence electrons. The smallest absolute Gasteiger partial charge is 0.312 e. The van der Waals surface area contributed by atoms with E-state index in [1.807, 2.05) is 55.5 Å². The van der Waals surface area contributed by atoms with Crippen LogP contribution in [0.3, 0.4) is 0 Å². The lowest BCUT2D eigenvalue weighted by Gasteiger charge is -2.11. The van der Waals surface area contributed by atoms with Gasteiger partial charge in [0.15, 0.2) is 0 Å². The zero-order chi connectivity index (χ0) is 26.1. The van der Waals surface area contributed by atoms with Crippen LogP contribution in [-0.4, -0.2) is 15.7 Å². The van der Waals surface area contributed by atoms with Crippen LogP contribution in [0.1, 0.15) is 5.56 Å². The molecule has 0 spiro atoms. The summed E-state index contributed by atoms with van der Waals surface area (Å²) in [6, 6.07) is 28.8. The van der Waals surface area contributed by atoms with Crippen molar-refractivity contribution in [1.29, 1.82) is 0 Å². The lowest BCUT2D eigenvalue weighted by Crippen LogP contribution is -2.02. The van der Waals surface area contributed by atoms with Crippen LogP contribution in [0.15, 0.2) is 97.1 Å². The van der Waals surface area contributed by atoms with Gasteiger partial charge in [-0.3, -0.25) is 19.7 Å². The van der Waals surface area contributed by atoms with Crippen molar-refractivity contribution in [3.63, 3.8) is 0 Å². The first-order valence-corrected chi connectivity index (χ1v) is 11.4. The summed E-state index contributed by atoms with van der Waals surface area (Å²) in [5, 5.41) is 14.5. The number of nitro groups is 1. The van der Waals surface area contributed by atoms with E-state index in [-0.39, 0.29) is 5.69 Å². The predicted molar refractivity (Wildman–Crippen MR) is 145 cm³/mol. The van der Waals surface area contributed by atoms with Crippen LogP contribution in [0.4, 0.5) is 26.7 Å². The number of benzene rings is 4. The van der Waals surface area contributed by atoms with Crippen molar-refractivity contribution < 1.29 is 14.5 Å². The second-order valence-corrected chi connectivity index (χ2v) is 8.19. The maximum absolute atomic E-state index is 10.9. The maximum Gasteiger partial charge on any atom is 0.318 e. The van der Waals surface area contributed by atoms with E-state index in [0.29, 0.717) is 5.69 Å². The number of non-ortho nitro benzene ring substituents is 1. The van der Waals surface area contributed by atoms with E-state index in [1.54, 1.807) is 36.4 Å². The van der Waals surface area contributed by atoms with Crippen molar-refractivity contribution in [2.45, 2.75) is 6.92 Å². The molecule has 2 N–H and O–H groups in total. The zero-order valence-electron chi connectivity index (χ0n) is 19.1. The number of rotatable bonds is 5. The van der Waals surface area contributed by atoms with E-state index in [9.17, 15) is 19.7 Å². The van der Waals surface area contributed by atoms with E-state index < -0.39 is 15.7 Å². The number of carbonyl (C=O) groups is 2. The Labute approximate surface area is 217 Å². The Hall–Kier alpha value is -4.20. The monoisotopic (exact) mass is 521 g/mol. The van der Waals surface area contributed by atoms with Crippen LogP contribution < -0.4 is 10.6 Å². The van der Waals surface area contributed by atoms with Crippen LogP contribution in [0, 0.1) is 17.0 Å². The molecule has 0 atom stereocenters. The van der Waals surface area contributed by atoms with Gasteiger partial charge in [0.25, 0.3) is 5.69 Å². The number of amides is 2. The highest BCUT2D eigenvalue weighted by atomic mass is 35.5. The quantitative estimate of drug-likeness (QED) is 0.119. The Bertz CT molecular complexity index is 1390. The van der Waals surface area contributed by atoms with Gasteiger partial charge >= 0.3 is 10.7 Å². The first-order valence-electron chi connectivity index (χ1n) is 10.7. The molecular weight excluding hydrogens is 501 g/mol. The van der Waals surface area contributed by atoms with Crippen molar-refractivity contribution in [2.24, 2.45) is 0 Å². The second-order valence-electron chi connectivity index (χ2n) is 7.51. The topological polar surface area (TPSA) is 101 Å². The lowest BCUT2D eigenvalue weighted by atomic mass is 9.99. The minimum absolute atomic E-state index is 0.0163. The van der Waals surface area contributed by atoms with Crippen LogP contribution in [0.2, 0.25) is 0 Å². The van der Waals surface area contributed by atoms with E-state index >= 15 is 0 Å². The van der Waals surface area contributed by atoms with Crippen molar-refractivity contribution in [1.82, 2.24) is 0 Å². The third-order valence-electron chi connectivity index (χ3n) is 5.14. The van der Waals surface area contributed by atoms with Crippen molar-refractivity contribution in [3.05, 3.63) is 113 Å². The highest BCUT2D eigenvalue weighted by molar-refractivity contribution is 6.66.